The smallest absolute Gasteiger partial charge is 0.411 e. The van der Waals surface area contributed by atoms with E-state index in [1.165, 1.54) is 17.9 Å². The maximum absolute atomic E-state index is 11.1. The Morgan fingerprint density at radius 1 is 1.30 bits per heavy atom. The van der Waals surface area contributed by atoms with Gasteiger partial charge in [0.15, 0.2) is 5.69 Å². The van der Waals surface area contributed by atoms with Crippen LogP contribution >= 0.6 is 0 Å². The average molecular weight is 275 g/mol. The SMILES string of the molecule is COC(=O)Nc1ccc(-c2cc(C(=O)O)nn2C)cc1. The fourth-order valence-corrected chi connectivity index (χ4v) is 1.74. The Morgan fingerprint density at radius 2 is 1.95 bits per heavy atom. The zero-order chi connectivity index (χ0) is 14.7. The van der Waals surface area contributed by atoms with Gasteiger partial charge in [-0.1, -0.05) is 12.1 Å². The van der Waals surface area contributed by atoms with Crippen molar-refractivity contribution in [3.05, 3.63) is 36.0 Å². The number of aryl methyl sites for hydroxylation is 1. The van der Waals surface area contributed by atoms with E-state index in [2.05, 4.69) is 15.2 Å². The number of hydrogen-bond donors (Lipinski definition) is 2. The normalized spacial score (nSPS) is 10.1. The highest BCUT2D eigenvalue weighted by Crippen LogP contribution is 2.22. The highest BCUT2D eigenvalue weighted by atomic mass is 16.5. The number of nitrogens with zero attached hydrogens (tertiary/aromatic N) is 2. The Morgan fingerprint density at radius 3 is 2.45 bits per heavy atom. The molecule has 7 heteroatoms. The molecule has 0 unspecified atom stereocenters. The van der Waals surface area contributed by atoms with Gasteiger partial charge in [0.2, 0.25) is 0 Å². The number of aromatic carboxylic acids is 1. The predicted molar refractivity (Wildman–Crippen MR) is 71.6 cm³/mol. The lowest BCUT2D eigenvalue weighted by atomic mass is 10.1. The lowest BCUT2D eigenvalue weighted by Gasteiger charge is -2.05. The summed E-state index contributed by atoms with van der Waals surface area (Å²) in [6, 6.07) is 8.40. The number of carboxylic acids is 1. The molecule has 1 aromatic heterocycles. The third-order valence-corrected chi connectivity index (χ3v) is 2.71. The van der Waals surface area contributed by atoms with Crippen molar-refractivity contribution in [2.45, 2.75) is 0 Å². The van der Waals surface area contributed by atoms with E-state index in [-0.39, 0.29) is 5.69 Å². The van der Waals surface area contributed by atoms with E-state index in [1.54, 1.807) is 31.3 Å². The van der Waals surface area contributed by atoms with Gasteiger partial charge in [-0.2, -0.15) is 5.10 Å². The number of ether oxygens (including phenoxy) is 1. The Labute approximate surface area is 114 Å². The van der Waals surface area contributed by atoms with Crippen LogP contribution in [0.5, 0.6) is 0 Å². The van der Waals surface area contributed by atoms with Crippen molar-refractivity contribution in [3.8, 4) is 11.3 Å². The van der Waals surface area contributed by atoms with Gasteiger partial charge in [-0.15, -0.1) is 0 Å². The number of carbonyl (C=O) groups excluding carboxylic acids is 1. The Kier molecular flexibility index (Phi) is 3.69. The second-order valence-electron chi connectivity index (χ2n) is 4.04. The number of rotatable bonds is 3. The number of hydrogen-bond acceptors (Lipinski definition) is 4. The Bertz CT molecular complexity index is 646. The highest BCUT2D eigenvalue weighted by Gasteiger charge is 2.12. The van der Waals surface area contributed by atoms with Crippen molar-refractivity contribution in [3.63, 3.8) is 0 Å². The number of carboxylic acid groups (broad SMARTS) is 1. The minimum Gasteiger partial charge on any atom is -0.476 e. The third kappa shape index (κ3) is 2.77. The summed E-state index contributed by atoms with van der Waals surface area (Å²) in [5.74, 6) is -1.07. The zero-order valence-corrected chi connectivity index (χ0v) is 11.0. The van der Waals surface area contributed by atoms with Crippen LogP contribution in [0.4, 0.5) is 10.5 Å². The molecule has 0 spiro atoms. The predicted octanol–water partition coefficient (Wildman–Crippen LogP) is 1.96. The maximum atomic E-state index is 11.1. The summed E-state index contributed by atoms with van der Waals surface area (Å²) in [6.07, 6.45) is -0.550. The molecule has 20 heavy (non-hydrogen) atoms. The first-order valence-corrected chi connectivity index (χ1v) is 5.74. The molecule has 1 amide bonds. The topological polar surface area (TPSA) is 93.4 Å². The molecule has 7 nitrogen and oxygen atoms in total. The lowest BCUT2D eigenvalue weighted by Crippen LogP contribution is -2.10. The standard InChI is InChI=1S/C13H13N3O4/c1-16-11(7-10(15-16)12(17)18)8-3-5-9(6-4-8)14-13(19)20-2/h3-7H,1-2H3,(H,14,19)(H,17,18). The van der Waals surface area contributed by atoms with Crippen LogP contribution in [0, 0.1) is 0 Å². The van der Waals surface area contributed by atoms with Crippen LogP contribution in [0.15, 0.2) is 30.3 Å². The van der Waals surface area contributed by atoms with Crippen molar-refractivity contribution < 1.29 is 19.4 Å². The van der Waals surface area contributed by atoms with E-state index < -0.39 is 12.1 Å². The molecule has 0 bridgehead atoms. The largest absolute Gasteiger partial charge is 0.476 e. The molecule has 0 aliphatic carbocycles. The van der Waals surface area contributed by atoms with Crippen molar-refractivity contribution in [2.75, 3.05) is 12.4 Å². The fourth-order valence-electron chi connectivity index (χ4n) is 1.74. The van der Waals surface area contributed by atoms with Crippen LogP contribution in [0.25, 0.3) is 11.3 Å². The maximum Gasteiger partial charge on any atom is 0.411 e. The van der Waals surface area contributed by atoms with Crippen LogP contribution in [0.2, 0.25) is 0 Å². The Hall–Kier alpha value is -2.83. The first kappa shape index (κ1) is 13.6. The minimum atomic E-state index is -1.07. The number of nitrogens with one attached hydrogen (secondary N) is 1. The second kappa shape index (κ2) is 5.43. The van der Waals surface area contributed by atoms with Gasteiger partial charge < -0.3 is 9.84 Å². The van der Waals surface area contributed by atoms with Crippen LogP contribution in [-0.2, 0) is 11.8 Å². The van der Waals surface area contributed by atoms with E-state index in [0.29, 0.717) is 11.4 Å². The minimum absolute atomic E-state index is 0.0146. The van der Waals surface area contributed by atoms with Crippen LogP contribution in [-0.4, -0.2) is 34.1 Å². The van der Waals surface area contributed by atoms with Crippen molar-refractivity contribution in [1.82, 2.24) is 9.78 Å². The second-order valence-corrected chi connectivity index (χ2v) is 4.04. The van der Waals surface area contributed by atoms with Gasteiger partial charge >= 0.3 is 12.1 Å². The first-order chi connectivity index (χ1) is 9.51. The van der Waals surface area contributed by atoms with Crippen LogP contribution < -0.4 is 5.32 Å². The van der Waals surface area contributed by atoms with Crippen LogP contribution in [0.1, 0.15) is 10.5 Å². The van der Waals surface area contributed by atoms with Crippen LogP contribution in [0.3, 0.4) is 0 Å². The Balaban J connectivity index is 2.26. The molecule has 0 saturated carbocycles. The van der Waals surface area contributed by atoms with Crippen molar-refractivity contribution in [1.29, 1.82) is 0 Å². The molecular weight excluding hydrogens is 262 g/mol. The summed E-state index contributed by atoms with van der Waals surface area (Å²) in [5, 5.41) is 15.3. The van der Waals surface area contributed by atoms with Gasteiger partial charge in [-0.25, -0.2) is 9.59 Å². The molecule has 0 atom stereocenters. The fraction of sp³-hybridized carbons (Fsp3) is 0.154. The molecule has 0 saturated heterocycles. The summed E-state index contributed by atoms with van der Waals surface area (Å²) in [4.78, 5) is 21.9. The van der Waals surface area contributed by atoms with Gasteiger partial charge in [0.25, 0.3) is 0 Å². The van der Waals surface area contributed by atoms with Gasteiger partial charge in [0, 0.05) is 12.7 Å². The van der Waals surface area contributed by atoms with E-state index in [9.17, 15) is 9.59 Å². The molecule has 0 aliphatic heterocycles. The molecule has 0 fully saturated rings. The number of carbonyl (C=O) groups is 2. The summed E-state index contributed by atoms with van der Waals surface area (Å²) >= 11 is 0. The monoisotopic (exact) mass is 275 g/mol. The molecule has 1 heterocycles. The molecule has 1 aromatic carbocycles. The van der Waals surface area contributed by atoms with E-state index in [4.69, 9.17) is 5.11 Å². The molecule has 2 rings (SSSR count). The highest BCUT2D eigenvalue weighted by molar-refractivity contribution is 5.87. The van der Waals surface area contributed by atoms with E-state index >= 15 is 0 Å². The van der Waals surface area contributed by atoms with E-state index in [1.807, 2.05) is 0 Å². The van der Waals surface area contributed by atoms with Gasteiger partial charge in [0.05, 0.1) is 12.8 Å². The lowest BCUT2D eigenvalue weighted by molar-refractivity contribution is 0.0689. The van der Waals surface area contributed by atoms with E-state index in [0.717, 1.165) is 5.56 Å². The number of anilines is 1. The molecule has 0 aliphatic rings. The summed E-state index contributed by atoms with van der Waals surface area (Å²) in [7, 11) is 2.95. The third-order valence-electron chi connectivity index (χ3n) is 2.71. The van der Waals surface area contributed by atoms with Gasteiger partial charge in [-0.3, -0.25) is 10.00 Å². The molecule has 2 N–H and O–H groups in total. The van der Waals surface area contributed by atoms with Crippen molar-refractivity contribution in [2.24, 2.45) is 7.05 Å². The van der Waals surface area contributed by atoms with Gasteiger partial charge in [0.1, 0.15) is 0 Å². The number of aromatic nitrogens is 2. The number of methoxy groups -OCH3 is 1. The summed E-state index contributed by atoms with van der Waals surface area (Å²) in [6.45, 7) is 0. The quantitative estimate of drug-likeness (QED) is 0.893. The summed E-state index contributed by atoms with van der Waals surface area (Å²) < 4.78 is 5.98. The first-order valence-electron chi connectivity index (χ1n) is 5.74. The molecular formula is C13H13N3O4. The molecule has 2 aromatic rings. The zero-order valence-electron chi connectivity index (χ0n) is 11.0. The molecule has 0 radical (unpaired) electrons. The average Bonchev–Trinajstić information content (AvgIpc) is 2.82. The number of amides is 1. The number of benzene rings is 1. The molecule has 104 valence electrons. The summed E-state index contributed by atoms with van der Waals surface area (Å²) in [5.41, 5.74) is 2.04. The van der Waals surface area contributed by atoms with Gasteiger partial charge in [-0.05, 0) is 23.8 Å². The van der Waals surface area contributed by atoms with Crippen molar-refractivity contribution >= 4 is 17.7 Å².